The minimum atomic E-state index is -0.780. The van der Waals surface area contributed by atoms with E-state index in [1.807, 2.05) is 24.0 Å². The Morgan fingerprint density at radius 3 is 2.32 bits per heavy atom. The first-order valence-corrected chi connectivity index (χ1v) is 10.0. The molecule has 1 aliphatic heterocycles. The molecule has 1 saturated heterocycles. The first-order valence-electron chi connectivity index (χ1n) is 10.0. The van der Waals surface area contributed by atoms with Crippen molar-refractivity contribution in [3.8, 4) is 0 Å². The van der Waals surface area contributed by atoms with E-state index in [1.165, 1.54) is 5.56 Å². The summed E-state index contributed by atoms with van der Waals surface area (Å²) in [7, 11) is 0. The Hall–Kier alpha value is -1.63. The van der Waals surface area contributed by atoms with Gasteiger partial charge in [0.2, 0.25) is 5.91 Å². The summed E-state index contributed by atoms with van der Waals surface area (Å²) in [6.07, 6.45) is 2.90. The molecule has 1 fully saturated rings. The van der Waals surface area contributed by atoms with Crippen LogP contribution in [0.3, 0.4) is 0 Å². The number of piperidine rings is 1. The summed E-state index contributed by atoms with van der Waals surface area (Å²) in [5.41, 5.74) is 2.12. The number of benzene rings is 1. The fourth-order valence-corrected chi connectivity index (χ4v) is 3.65. The fraction of sp³-hybridized carbons (Fsp3) is 0.619. The lowest BCUT2D eigenvalue weighted by Crippen LogP contribution is -2.48. The van der Waals surface area contributed by atoms with Crippen LogP contribution < -0.4 is 5.32 Å². The quantitative estimate of drug-likeness (QED) is 0.651. The summed E-state index contributed by atoms with van der Waals surface area (Å²) in [5, 5.41) is 12.0. The number of anilines is 1. The van der Waals surface area contributed by atoms with Crippen LogP contribution in [0.15, 0.2) is 24.3 Å². The van der Waals surface area contributed by atoms with Crippen LogP contribution in [0.25, 0.3) is 0 Å². The van der Waals surface area contributed by atoms with Gasteiger partial charge in [0, 0.05) is 24.8 Å². The highest BCUT2D eigenvalue weighted by Crippen LogP contribution is 2.21. The normalized spacial score (nSPS) is 16.4. The third-order valence-corrected chi connectivity index (χ3v) is 5.56. The van der Waals surface area contributed by atoms with Crippen molar-refractivity contribution in [3.05, 3.63) is 29.8 Å². The number of carbonyl (C=O) groups excluding carboxylic acids is 1. The molecule has 1 aromatic rings. The summed E-state index contributed by atoms with van der Waals surface area (Å²) in [4.78, 5) is 27.5. The van der Waals surface area contributed by atoms with Crippen molar-refractivity contribution in [2.75, 3.05) is 38.0 Å². The predicted molar refractivity (Wildman–Crippen MR) is 115 cm³/mol. The zero-order chi connectivity index (χ0) is 19.8. The van der Waals surface area contributed by atoms with Gasteiger partial charge in [-0.15, -0.1) is 12.4 Å². The summed E-state index contributed by atoms with van der Waals surface area (Å²) in [6, 6.07) is 8.39. The van der Waals surface area contributed by atoms with Gasteiger partial charge >= 0.3 is 5.97 Å². The minimum absolute atomic E-state index is 0. The van der Waals surface area contributed by atoms with Gasteiger partial charge in [-0.2, -0.15) is 0 Å². The van der Waals surface area contributed by atoms with Gasteiger partial charge in [0.15, 0.2) is 0 Å². The average molecular weight is 412 g/mol. The SMILES string of the molecule is CCC(C)c1ccc(NC(=O)CN2CCC(N(CC)CC(=O)O)CC2)cc1.Cl. The minimum Gasteiger partial charge on any atom is -0.480 e. The average Bonchev–Trinajstić information content (AvgIpc) is 2.66. The Balaban J connectivity index is 0.00000392. The number of aliphatic carboxylic acids is 1. The van der Waals surface area contributed by atoms with Crippen LogP contribution in [-0.2, 0) is 9.59 Å². The number of likely N-dealkylation sites (tertiary alicyclic amines) is 1. The first-order chi connectivity index (χ1) is 12.9. The molecule has 28 heavy (non-hydrogen) atoms. The lowest BCUT2D eigenvalue weighted by molar-refractivity contribution is -0.139. The second-order valence-corrected chi connectivity index (χ2v) is 7.44. The number of nitrogens with zero attached hydrogens (tertiary/aromatic N) is 2. The molecule has 1 heterocycles. The topological polar surface area (TPSA) is 72.9 Å². The molecule has 1 atom stereocenters. The van der Waals surface area contributed by atoms with Crippen LogP contribution in [0.4, 0.5) is 5.69 Å². The summed E-state index contributed by atoms with van der Waals surface area (Å²) < 4.78 is 0. The number of hydrogen-bond donors (Lipinski definition) is 2. The first kappa shape index (κ1) is 24.4. The summed E-state index contributed by atoms with van der Waals surface area (Å²) in [5.74, 6) is -0.250. The van der Waals surface area contributed by atoms with E-state index in [-0.39, 0.29) is 24.9 Å². The maximum Gasteiger partial charge on any atom is 0.317 e. The van der Waals surface area contributed by atoms with Gasteiger partial charge in [-0.05, 0) is 49.4 Å². The maximum absolute atomic E-state index is 12.3. The number of carboxylic acid groups (broad SMARTS) is 1. The molecular formula is C21H34ClN3O3. The van der Waals surface area contributed by atoms with Crippen molar-refractivity contribution >= 4 is 30.0 Å². The number of likely N-dealkylation sites (N-methyl/N-ethyl adjacent to an activating group) is 1. The van der Waals surface area contributed by atoms with Crippen LogP contribution in [0.2, 0.25) is 0 Å². The van der Waals surface area contributed by atoms with Crippen LogP contribution in [0.1, 0.15) is 51.5 Å². The van der Waals surface area contributed by atoms with Crippen molar-refractivity contribution in [3.63, 3.8) is 0 Å². The van der Waals surface area contributed by atoms with Crippen molar-refractivity contribution in [1.29, 1.82) is 0 Å². The van der Waals surface area contributed by atoms with E-state index in [4.69, 9.17) is 5.11 Å². The summed E-state index contributed by atoms with van der Waals surface area (Å²) >= 11 is 0. The van der Waals surface area contributed by atoms with E-state index in [0.717, 1.165) is 44.6 Å². The third-order valence-electron chi connectivity index (χ3n) is 5.56. The zero-order valence-electron chi connectivity index (χ0n) is 17.2. The van der Waals surface area contributed by atoms with Gasteiger partial charge in [0.05, 0.1) is 13.1 Å². The highest BCUT2D eigenvalue weighted by molar-refractivity contribution is 5.92. The smallest absolute Gasteiger partial charge is 0.317 e. The molecule has 1 aliphatic rings. The molecule has 0 bridgehead atoms. The highest BCUT2D eigenvalue weighted by atomic mass is 35.5. The number of amides is 1. The molecule has 0 spiro atoms. The highest BCUT2D eigenvalue weighted by Gasteiger charge is 2.25. The van der Waals surface area contributed by atoms with E-state index in [9.17, 15) is 9.59 Å². The van der Waals surface area contributed by atoms with Crippen LogP contribution in [0, 0.1) is 0 Å². The molecular weight excluding hydrogens is 378 g/mol. The van der Waals surface area contributed by atoms with Gasteiger partial charge in [-0.1, -0.05) is 32.9 Å². The van der Waals surface area contributed by atoms with Gasteiger partial charge in [0.25, 0.3) is 0 Å². The molecule has 1 aromatic carbocycles. The number of carboxylic acids is 1. The van der Waals surface area contributed by atoms with Crippen LogP contribution >= 0.6 is 12.4 Å². The molecule has 1 unspecified atom stereocenters. The monoisotopic (exact) mass is 411 g/mol. The van der Waals surface area contributed by atoms with Gasteiger partial charge in [-0.25, -0.2) is 0 Å². The second-order valence-electron chi connectivity index (χ2n) is 7.44. The molecule has 158 valence electrons. The molecule has 6 nitrogen and oxygen atoms in total. The van der Waals surface area contributed by atoms with Crippen molar-refractivity contribution < 1.29 is 14.7 Å². The molecule has 2 N–H and O–H groups in total. The summed E-state index contributed by atoms with van der Waals surface area (Å²) in [6.45, 7) is 9.22. The molecule has 0 radical (unpaired) electrons. The predicted octanol–water partition coefficient (Wildman–Crippen LogP) is 3.43. The number of hydrogen-bond acceptors (Lipinski definition) is 4. The van der Waals surface area contributed by atoms with Crippen LogP contribution in [-0.4, -0.2) is 65.5 Å². The van der Waals surface area contributed by atoms with E-state index in [1.54, 1.807) is 0 Å². The lowest BCUT2D eigenvalue weighted by Gasteiger charge is -2.37. The van der Waals surface area contributed by atoms with Crippen molar-refractivity contribution in [2.24, 2.45) is 0 Å². The molecule has 0 aromatic heterocycles. The molecule has 0 aliphatic carbocycles. The fourth-order valence-electron chi connectivity index (χ4n) is 3.65. The number of carbonyl (C=O) groups is 2. The number of rotatable bonds is 9. The zero-order valence-corrected chi connectivity index (χ0v) is 18.0. The van der Waals surface area contributed by atoms with Gasteiger partial charge < -0.3 is 10.4 Å². The molecule has 0 saturated carbocycles. The van der Waals surface area contributed by atoms with Gasteiger partial charge in [0.1, 0.15) is 0 Å². The Morgan fingerprint density at radius 1 is 1.21 bits per heavy atom. The number of halogens is 1. The second kappa shape index (κ2) is 12.0. The van der Waals surface area contributed by atoms with E-state index < -0.39 is 5.97 Å². The number of nitrogens with one attached hydrogen (secondary N) is 1. The van der Waals surface area contributed by atoms with Crippen LogP contribution in [0.5, 0.6) is 0 Å². The molecule has 2 rings (SSSR count). The van der Waals surface area contributed by atoms with Crippen molar-refractivity contribution in [1.82, 2.24) is 9.80 Å². The lowest BCUT2D eigenvalue weighted by atomic mass is 9.99. The van der Waals surface area contributed by atoms with E-state index in [2.05, 4.69) is 36.2 Å². The largest absolute Gasteiger partial charge is 0.480 e. The van der Waals surface area contributed by atoms with E-state index in [0.29, 0.717) is 18.5 Å². The Labute approximate surface area is 174 Å². The third kappa shape index (κ3) is 7.41. The standard InChI is InChI=1S/C21H33N3O3.ClH/c1-4-16(3)17-6-8-18(9-7-17)22-20(25)14-23-12-10-19(11-13-23)24(5-2)15-21(26)27;/h6-9,16,19H,4-5,10-15H2,1-3H3,(H,22,25)(H,26,27);1H. The Bertz CT molecular complexity index is 616. The maximum atomic E-state index is 12.3. The van der Waals surface area contributed by atoms with E-state index >= 15 is 0 Å². The van der Waals surface area contributed by atoms with Gasteiger partial charge in [-0.3, -0.25) is 19.4 Å². The Kier molecular flexibility index (Phi) is 10.5. The molecule has 1 amide bonds. The van der Waals surface area contributed by atoms with Crippen molar-refractivity contribution in [2.45, 2.75) is 52.0 Å². The molecule has 7 heteroatoms. The Morgan fingerprint density at radius 2 is 1.82 bits per heavy atom.